The molecule has 2 amide bonds. The molecular formula is C20H22N2O4. The Morgan fingerprint density at radius 3 is 2.38 bits per heavy atom. The fourth-order valence-electron chi connectivity index (χ4n) is 2.27. The van der Waals surface area contributed by atoms with Crippen LogP contribution in [-0.4, -0.2) is 26.0 Å². The lowest BCUT2D eigenvalue weighted by molar-refractivity contribution is -0.126. The Kier molecular flexibility index (Phi) is 7.24. The number of carbonyl (C=O) groups is 2. The molecule has 0 atom stereocenters. The number of hydrogen-bond donors (Lipinski definition) is 2. The number of hydrazine groups is 1. The molecule has 2 aromatic rings. The predicted molar refractivity (Wildman–Crippen MR) is 99.6 cm³/mol. The van der Waals surface area contributed by atoms with E-state index in [1.165, 1.54) is 6.08 Å². The zero-order chi connectivity index (χ0) is 18.8. The second-order valence-electron chi connectivity index (χ2n) is 5.47. The van der Waals surface area contributed by atoms with Gasteiger partial charge in [0.05, 0.1) is 14.2 Å². The first-order chi connectivity index (χ1) is 12.6. The number of rotatable bonds is 7. The van der Waals surface area contributed by atoms with E-state index in [0.29, 0.717) is 24.3 Å². The van der Waals surface area contributed by atoms with Crippen molar-refractivity contribution in [1.82, 2.24) is 10.9 Å². The lowest BCUT2D eigenvalue weighted by Crippen LogP contribution is -2.40. The minimum Gasteiger partial charge on any atom is -0.493 e. The van der Waals surface area contributed by atoms with Gasteiger partial charge in [-0.3, -0.25) is 20.4 Å². The summed E-state index contributed by atoms with van der Waals surface area (Å²) in [5, 5.41) is 0. The van der Waals surface area contributed by atoms with E-state index in [1.54, 1.807) is 38.5 Å². The van der Waals surface area contributed by atoms with E-state index in [0.717, 1.165) is 11.1 Å². The van der Waals surface area contributed by atoms with Gasteiger partial charge in [-0.25, -0.2) is 0 Å². The molecule has 6 nitrogen and oxygen atoms in total. The number of hydrogen-bond acceptors (Lipinski definition) is 4. The van der Waals surface area contributed by atoms with E-state index in [4.69, 9.17) is 9.47 Å². The lowest BCUT2D eigenvalue weighted by atomic mass is 10.1. The Labute approximate surface area is 152 Å². The SMILES string of the molecule is COc1ccc(C=CC(=O)NNC(=O)CCc2ccccc2)cc1OC. The number of methoxy groups -OCH3 is 2. The fraction of sp³-hybridized carbons (Fsp3) is 0.200. The first kappa shape index (κ1) is 19.1. The Morgan fingerprint density at radius 2 is 1.69 bits per heavy atom. The van der Waals surface area contributed by atoms with Crippen molar-refractivity contribution in [2.24, 2.45) is 0 Å². The van der Waals surface area contributed by atoms with Crippen molar-refractivity contribution < 1.29 is 19.1 Å². The Bertz CT molecular complexity index is 773. The third-order valence-electron chi connectivity index (χ3n) is 3.64. The van der Waals surface area contributed by atoms with E-state index in [-0.39, 0.29) is 5.91 Å². The zero-order valence-corrected chi connectivity index (χ0v) is 14.8. The summed E-state index contributed by atoms with van der Waals surface area (Å²) in [6, 6.07) is 15.0. The standard InChI is InChI=1S/C20H22N2O4/c1-25-17-11-8-16(14-18(17)26-2)10-13-20(24)22-21-19(23)12-9-15-6-4-3-5-7-15/h3-8,10-11,13-14H,9,12H2,1-2H3,(H,21,23)(H,22,24). The molecular weight excluding hydrogens is 332 g/mol. The number of ether oxygens (including phenoxy) is 2. The van der Waals surface area contributed by atoms with Crippen LogP contribution < -0.4 is 20.3 Å². The predicted octanol–water partition coefficient (Wildman–Crippen LogP) is 2.50. The molecule has 0 aromatic heterocycles. The molecule has 2 N–H and O–H groups in total. The number of nitrogens with one attached hydrogen (secondary N) is 2. The molecule has 6 heteroatoms. The van der Waals surface area contributed by atoms with Gasteiger partial charge in [0, 0.05) is 12.5 Å². The van der Waals surface area contributed by atoms with Crippen LogP contribution in [0.4, 0.5) is 0 Å². The van der Waals surface area contributed by atoms with Gasteiger partial charge in [0.1, 0.15) is 0 Å². The third-order valence-corrected chi connectivity index (χ3v) is 3.64. The Hall–Kier alpha value is -3.28. The summed E-state index contributed by atoms with van der Waals surface area (Å²) >= 11 is 0. The van der Waals surface area contributed by atoms with Gasteiger partial charge in [-0.1, -0.05) is 36.4 Å². The summed E-state index contributed by atoms with van der Waals surface area (Å²) in [6.45, 7) is 0. The molecule has 0 unspecified atom stereocenters. The number of benzene rings is 2. The maximum atomic E-state index is 11.8. The highest BCUT2D eigenvalue weighted by atomic mass is 16.5. The largest absolute Gasteiger partial charge is 0.493 e. The quantitative estimate of drug-likeness (QED) is 0.592. The summed E-state index contributed by atoms with van der Waals surface area (Å²) in [5.74, 6) is 0.513. The summed E-state index contributed by atoms with van der Waals surface area (Å²) in [5.41, 5.74) is 6.60. The topological polar surface area (TPSA) is 76.7 Å². The number of carbonyl (C=O) groups excluding carboxylic acids is 2. The summed E-state index contributed by atoms with van der Waals surface area (Å²) in [6.07, 6.45) is 3.86. The minimum atomic E-state index is -0.423. The maximum absolute atomic E-state index is 11.8. The Morgan fingerprint density at radius 1 is 0.962 bits per heavy atom. The first-order valence-electron chi connectivity index (χ1n) is 8.15. The van der Waals surface area contributed by atoms with Crippen LogP contribution in [0.1, 0.15) is 17.5 Å². The van der Waals surface area contributed by atoms with Crippen molar-refractivity contribution in [1.29, 1.82) is 0 Å². The lowest BCUT2D eigenvalue weighted by Gasteiger charge is -2.08. The van der Waals surface area contributed by atoms with Crippen LogP contribution in [0.15, 0.2) is 54.6 Å². The van der Waals surface area contributed by atoms with E-state index in [9.17, 15) is 9.59 Å². The monoisotopic (exact) mass is 354 g/mol. The highest BCUT2D eigenvalue weighted by molar-refractivity contribution is 5.93. The van der Waals surface area contributed by atoms with E-state index in [2.05, 4.69) is 10.9 Å². The van der Waals surface area contributed by atoms with Crippen molar-refractivity contribution in [2.75, 3.05) is 14.2 Å². The smallest absolute Gasteiger partial charge is 0.262 e. The molecule has 0 saturated carbocycles. The Balaban J connectivity index is 1.79. The van der Waals surface area contributed by atoms with Crippen LogP contribution in [0.5, 0.6) is 11.5 Å². The van der Waals surface area contributed by atoms with Crippen LogP contribution >= 0.6 is 0 Å². The van der Waals surface area contributed by atoms with Crippen LogP contribution in [0.3, 0.4) is 0 Å². The molecule has 26 heavy (non-hydrogen) atoms. The van der Waals surface area contributed by atoms with Crippen molar-refractivity contribution in [3.8, 4) is 11.5 Å². The van der Waals surface area contributed by atoms with E-state index >= 15 is 0 Å². The second kappa shape index (κ2) is 9.88. The van der Waals surface area contributed by atoms with Crippen molar-refractivity contribution in [2.45, 2.75) is 12.8 Å². The molecule has 0 radical (unpaired) electrons. The van der Waals surface area contributed by atoms with Gasteiger partial charge in [0.15, 0.2) is 11.5 Å². The van der Waals surface area contributed by atoms with Gasteiger partial charge < -0.3 is 9.47 Å². The van der Waals surface area contributed by atoms with Crippen LogP contribution in [0, 0.1) is 0 Å². The van der Waals surface area contributed by atoms with Gasteiger partial charge in [-0.15, -0.1) is 0 Å². The van der Waals surface area contributed by atoms with Crippen LogP contribution in [0.25, 0.3) is 6.08 Å². The molecule has 2 rings (SSSR count). The molecule has 0 bridgehead atoms. The second-order valence-corrected chi connectivity index (χ2v) is 5.47. The summed E-state index contributed by atoms with van der Waals surface area (Å²) in [7, 11) is 3.10. The van der Waals surface area contributed by atoms with Crippen LogP contribution in [-0.2, 0) is 16.0 Å². The van der Waals surface area contributed by atoms with Crippen molar-refractivity contribution in [3.63, 3.8) is 0 Å². The molecule has 0 spiro atoms. The average molecular weight is 354 g/mol. The zero-order valence-electron chi connectivity index (χ0n) is 14.8. The molecule has 0 aliphatic carbocycles. The van der Waals surface area contributed by atoms with Gasteiger partial charge in [-0.2, -0.15) is 0 Å². The molecule has 0 fully saturated rings. The average Bonchev–Trinajstić information content (AvgIpc) is 2.69. The number of aryl methyl sites for hydroxylation is 1. The van der Waals surface area contributed by atoms with Gasteiger partial charge in [0.2, 0.25) is 5.91 Å². The van der Waals surface area contributed by atoms with Crippen LogP contribution in [0.2, 0.25) is 0 Å². The van der Waals surface area contributed by atoms with Crippen molar-refractivity contribution in [3.05, 3.63) is 65.7 Å². The summed E-state index contributed by atoms with van der Waals surface area (Å²) in [4.78, 5) is 23.6. The molecule has 0 heterocycles. The van der Waals surface area contributed by atoms with Gasteiger partial charge >= 0.3 is 0 Å². The molecule has 136 valence electrons. The first-order valence-corrected chi connectivity index (χ1v) is 8.15. The molecule has 2 aromatic carbocycles. The van der Waals surface area contributed by atoms with Gasteiger partial charge in [-0.05, 0) is 35.8 Å². The van der Waals surface area contributed by atoms with E-state index in [1.807, 2.05) is 30.3 Å². The molecule has 0 saturated heterocycles. The molecule has 0 aliphatic heterocycles. The van der Waals surface area contributed by atoms with E-state index < -0.39 is 5.91 Å². The number of amides is 2. The highest BCUT2D eigenvalue weighted by Gasteiger charge is 2.05. The molecule has 0 aliphatic rings. The third kappa shape index (κ3) is 5.98. The minimum absolute atomic E-state index is 0.248. The maximum Gasteiger partial charge on any atom is 0.262 e. The highest BCUT2D eigenvalue weighted by Crippen LogP contribution is 2.27. The van der Waals surface area contributed by atoms with Crippen molar-refractivity contribution >= 4 is 17.9 Å². The summed E-state index contributed by atoms with van der Waals surface area (Å²) < 4.78 is 10.4. The normalized spacial score (nSPS) is 10.4. The fourth-order valence-corrected chi connectivity index (χ4v) is 2.27. The van der Waals surface area contributed by atoms with Gasteiger partial charge in [0.25, 0.3) is 5.91 Å².